The van der Waals surface area contributed by atoms with Gasteiger partial charge in [0.15, 0.2) is 5.76 Å². The molecule has 0 aliphatic carbocycles. The molecule has 0 saturated carbocycles. The van der Waals surface area contributed by atoms with Crippen molar-refractivity contribution in [1.82, 2.24) is 5.43 Å². The second-order valence-corrected chi connectivity index (χ2v) is 6.02. The first-order valence-electron chi connectivity index (χ1n) is 7.28. The van der Waals surface area contributed by atoms with Gasteiger partial charge in [0.1, 0.15) is 5.58 Å². The highest BCUT2D eigenvalue weighted by Gasteiger charge is 2.11. The van der Waals surface area contributed by atoms with Crippen LogP contribution in [0.3, 0.4) is 0 Å². The van der Waals surface area contributed by atoms with Crippen LogP contribution in [0, 0.1) is 0 Å². The topological polar surface area (TPSA) is 80.9 Å². The van der Waals surface area contributed by atoms with Gasteiger partial charge < -0.3 is 9.15 Å². The van der Waals surface area contributed by atoms with Gasteiger partial charge in [0.25, 0.3) is 0 Å². The van der Waals surface area contributed by atoms with Crippen molar-refractivity contribution in [3.05, 3.63) is 69.9 Å². The average molecular weight is 401 g/mol. The number of hydrogen-bond donors (Lipinski definition) is 1. The van der Waals surface area contributed by atoms with Crippen LogP contribution in [-0.2, 0) is 4.74 Å². The summed E-state index contributed by atoms with van der Waals surface area (Å²) in [6.07, 6.45) is 1.47. The lowest BCUT2D eigenvalue weighted by Crippen LogP contribution is -2.16. The van der Waals surface area contributed by atoms with Crippen molar-refractivity contribution < 1.29 is 18.7 Å². The summed E-state index contributed by atoms with van der Waals surface area (Å²) in [5.41, 5.74) is 4.19. The van der Waals surface area contributed by atoms with Gasteiger partial charge >= 0.3 is 11.9 Å². The number of carbonyl (C=O) groups excluding carboxylic acids is 2. The van der Waals surface area contributed by atoms with E-state index in [1.165, 1.54) is 13.3 Å². The summed E-state index contributed by atoms with van der Waals surface area (Å²) in [5, 5.41) is 4.71. The quantitative estimate of drug-likeness (QED) is 0.410. The third-order valence-electron chi connectivity index (χ3n) is 3.41. The number of hydrogen-bond acceptors (Lipinski definition) is 5. The molecule has 1 amide bonds. The summed E-state index contributed by atoms with van der Waals surface area (Å²) in [4.78, 5) is 23.4. The van der Waals surface area contributed by atoms with Crippen LogP contribution in [0.15, 0.2) is 62.5 Å². The van der Waals surface area contributed by atoms with E-state index in [1.807, 2.05) is 12.1 Å². The predicted molar refractivity (Wildman–Crippen MR) is 96.8 cm³/mol. The molecule has 0 radical (unpaired) electrons. The van der Waals surface area contributed by atoms with Gasteiger partial charge in [-0.25, -0.2) is 10.2 Å². The zero-order chi connectivity index (χ0) is 17.8. The number of hydrazone groups is 1. The van der Waals surface area contributed by atoms with Crippen molar-refractivity contribution in [2.24, 2.45) is 5.10 Å². The fourth-order valence-electron chi connectivity index (χ4n) is 2.17. The molecule has 0 bridgehead atoms. The summed E-state index contributed by atoms with van der Waals surface area (Å²) in [6, 6.07) is 13.8. The molecule has 0 saturated heterocycles. The standard InChI is InChI=1S/C18H13BrN2O4/c1-24-18(23)12-4-2-11(3-5-12)10-20-21-17(22)16-9-13-8-14(19)6-7-15(13)25-16/h2-10H,1H3,(H,21,22)/b20-10+. The first-order valence-corrected chi connectivity index (χ1v) is 8.07. The number of carbonyl (C=O) groups is 2. The van der Waals surface area contributed by atoms with Crippen LogP contribution in [0.25, 0.3) is 11.0 Å². The molecule has 3 rings (SSSR count). The van der Waals surface area contributed by atoms with Crippen molar-refractivity contribution in [1.29, 1.82) is 0 Å². The highest BCUT2D eigenvalue weighted by molar-refractivity contribution is 9.10. The van der Waals surface area contributed by atoms with Gasteiger partial charge in [0, 0.05) is 9.86 Å². The lowest BCUT2D eigenvalue weighted by Gasteiger charge is -1.99. The second-order valence-electron chi connectivity index (χ2n) is 5.11. The number of fused-ring (bicyclic) bond motifs is 1. The Labute approximate surface area is 151 Å². The third kappa shape index (κ3) is 3.95. The number of rotatable bonds is 4. The largest absolute Gasteiger partial charge is 0.465 e. The summed E-state index contributed by atoms with van der Waals surface area (Å²) in [5.74, 6) is -0.686. The van der Waals surface area contributed by atoms with Crippen LogP contribution in [0.2, 0.25) is 0 Å². The van der Waals surface area contributed by atoms with Gasteiger partial charge in [-0.3, -0.25) is 4.79 Å². The molecule has 0 spiro atoms. The van der Waals surface area contributed by atoms with E-state index < -0.39 is 11.9 Å². The van der Waals surface area contributed by atoms with Crippen molar-refractivity contribution in [2.45, 2.75) is 0 Å². The molecule has 126 valence electrons. The molecule has 7 heteroatoms. The van der Waals surface area contributed by atoms with E-state index in [4.69, 9.17) is 4.42 Å². The second kappa shape index (κ2) is 7.31. The van der Waals surface area contributed by atoms with Crippen molar-refractivity contribution in [3.63, 3.8) is 0 Å². The summed E-state index contributed by atoms with van der Waals surface area (Å²) in [7, 11) is 1.32. The van der Waals surface area contributed by atoms with Crippen molar-refractivity contribution in [3.8, 4) is 0 Å². The monoisotopic (exact) mass is 400 g/mol. The number of esters is 1. The number of methoxy groups -OCH3 is 1. The number of ether oxygens (including phenoxy) is 1. The molecule has 1 heterocycles. The highest BCUT2D eigenvalue weighted by atomic mass is 79.9. The zero-order valence-corrected chi connectivity index (χ0v) is 14.7. The lowest BCUT2D eigenvalue weighted by atomic mass is 10.1. The molecule has 6 nitrogen and oxygen atoms in total. The maximum atomic E-state index is 12.1. The molecule has 0 aliphatic heterocycles. The van der Waals surface area contributed by atoms with Crippen LogP contribution >= 0.6 is 15.9 Å². The van der Waals surface area contributed by atoms with Crippen molar-refractivity contribution >= 4 is 45.0 Å². The van der Waals surface area contributed by atoms with Gasteiger partial charge in [0.05, 0.1) is 18.9 Å². The molecule has 0 fully saturated rings. The molecule has 3 aromatic rings. The van der Waals surface area contributed by atoms with Gasteiger partial charge in [-0.1, -0.05) is 28.1 Å². The number of benzene rings is 2. The molecule has 2 aromatic carbocycles. The predicted octanol–water partition coefficient (Wildman–Crippen LogP) is 3.75. The van der Waals surface area contributed by atoms with Crippen molar-refractivity contribution in [2.75, 3.05) is 7.11 Å². The van der Waals surface area contributed by atoms with Crippen LogP contribution in [0.5, 0.6) is 0 Å². The van der Waals surface area contributed by atoms with Gasteiger partial charge in [-0.15, -0.1) is 0 Å². The molecule has 1 N–H and O–H groups in total. The van der Waals surface area contributed by atoms with E-state index in [0.29, 0.717) is 11.1 Å². The van der Waals surface area contributed by atoms with Gasteiger partial charge in [-0.2, -0.15) is 5.10 Å². The molecule has 0 atom stereocenters. The maximum Gasteiger partial charge on any atom is 0.337 e. The molecule has 0 unspecified atom stereocenters. The lowest BCUT2D eigenvalue weighted by molar-refractivity contribution is 0.0600. The minimum absolute atomic E-state index is 0.172. The molecule has 1 aromatic heterocycles. The Kier molecular flexibility index (Phi) is 4.95. The maximum absolute atomic E-state index is 12.1. The van der Waals surface area contributed by atoms with Crippen LogP contribution in [0.4, 0.5) is 0 Å². The number of nitrogens with one attached hydrogen (secondary N) is 1. The average Bonchev–Trinajstić information content (AvgIpc) is 3.04. The summed E-state index contributed by atoms with van der Waals surface area (Å²) in [6.45, 7) is 0. The van der Waals surface area contributed by atoms with Crippen LogP contribution in [0.1, 0.15) is 26.5 Å². The van der Waals surface area contributed by atoms with Crippen LogP contribution in [-0.4, -0.2) is 25.2 Å². The Bertz CT molecular complexity index is 961. The molecule has 0 aliphatic rings. The smallest absolute Gasteiger partial charge is 0.337 e. The number of halogens is 1. The van der Waals surface area contributed by atoms with E-state index >= 15 is 0 Å². The number of amides is 1. The molecular formula is C18H13BrN2O4. The Balaban J connectivity index is 1.66. The van der Waals surface area contributed by atoms with E-state index in [9.17, 15) is 9.59 Å². The Morgan fingerprint density at radius 3 is 2.64 bits per heavy atom. The Morgan fingerprint density at radius 1 is 1.16 bits per heavy atom. The highest BCUT2D eigenvalue weighted by Crippen LogP contribution is 2.23. The van der Waals surface area contributed by atoms with E-state index in [0.717, 1.165) is 15.4 Å². The zero-order valence-electron chi connectivity index (χ0n) is 13.2. The first kappa shape index (κ1) is 16.9. The van der Waals surface area contributed by atoms with E-state index in [2.05, 4.69) is 31.2 Å². The fourth-order valence-corrected chi connectivity index (χ4v) is 2.55. The summed E-state index contributed by atoms with van der Waals surface area (Å²) >= 11 is 3.37. The first-order chi connectivity index (χ1) is 12.1. The number of furan rings is 1. The molecular weight excluding hydrogens is 388 g/mol. The Hall–Kier alpha value is -2.93. The van der Waals surface area contributed by atoms with Gasteiger partial charge in [-0.05, 0) is 42.0 Å². The minimum atomic E-state index is -0.449. The van der Waals surface area contributed by atoms with Crippen LogP contribution < -0.4 is 5.43 Å². The minimum Gasteiger partial charge on any atom is -0.465 e. The third-order valence-corrected chi connectivity index (χ3v) is 3.91. The number of nitrogens with zero attached hydrogens (tertiary/aromatic N) is 1. The van der Waals surface area contributed by atoms with E-state index in [1.54, 1.807) is 36.4 Å². The van der Waals surface area contributed by atoms with Gasteiger partial charge in [0.2, 0.25) is 0 Å². The molecule has 25 heavy (non-hydrogen) atoms. The Morgan fingerprint density at radius 2 is 1.92 bits per heavy atom. The SMILES string of the molecule is COC(=O)c1ccc(/C=N/NC(=O)c2cc3cc(Br)ccc3o2)cc1. The normalized spacial score (nSPS) is 11.0. The van der Waals surface area contributed by atoms with E-state index in [-0.39, 0.29) is 5.76 Å². The fraction of sp³-hybridized carbons (Fsp3) is 0.0556. The summed E-state index contributed by atoms with van der Waals surface area (Å²) < 4.78 is 11.0.